The van der Waals surface area contributed by atoms with Crippen molar-refractivity contribution in [1.82, 2.24) is 4.31 Å². The van der Waals surface area contributed by atoms with Gasteiger partial charge >= 0.3 is 0 Å². The number of nitrogens with zero attached hydrogens (tertiary/aromatic N) is 1. The van der Waals surface area contributed by atoms with Gasteiger partial charge in [-0.05, 0) is 31.9 Å². The maximum absolute atomic E-state index is 12.3. The van der Waals surface area contributed by atoms with E-state index in [1.54, 1.807) is 10.4 Å². The van der Waals surface area contributed by atoms with E-state index >= 15 is 0 Å². The molecular formula is C10H14ClNO2S2. The Morgan fingerprint density at radius 1 is 1.56 bits per heavy atom. The van der Waals surface area contributed by atoms with Crippen molar-refractivity contribution in [1.29, 1.82) is 0 Å². The lowest BCUT2D eigenvalue weighted by Gasteiger charge is -2.21. The smallest absolute Gasteiger partial charge is 0.206 e. The Kier molecular flexibility index (Phi) is 3.59. The molecule has 0 N–H and O–H groups in total. The van der Waals surface area contributed by atoms with Gasteiger partial charge in [0.15, 0.2) is 0 Å². The zero-order valence-corrected chi connectivity index (χ0v) is 11.4. The fourth-order valence-corrected chi connectivity index (χ4v) is 5.45. The summed E-state index contributed by atoms with van der Waals surface area (Å²) in [6.45, 7) is 2.50. The second-order valence-corrected chi connectivity index (χ2v) is 7.65. The first kappa shape index (κ1) is 12.4. The highest BCUT2D eigenvalue weighted by molar-refractivity contribution is 7.91. The van der Waals surface area contributed by atoms with Crippen molar-refractivity contribution < 1.29 is 8.42 Å². The summed E-state index contributed by atoms with van der Waals surface area (Å²) >= 11 is 7.12. The summed E-state index contributed by atoms with van der Waals surface area (Å²) in [5, 5.41) is 0. The van der Waals surface area contributed by atoms with Crippen LogP contribution in [-0.4, -0.2) is 31.2 Å². The molecule has 90 valence electrons. The van der Waals surface area contributed by atoms with E-state index < -0.39 is 10.0 Å². The Hall–Kier alpha value is -0.100. The van der Waals surface area contributed by atoms with E-state index in [1.165, 1.54) is 11.3 Å². The first-order valence-electron chi connectivity index (χ1n) is 5.20. The molecule has 1 fully saturated rings. The van der Waals surface area contributed by atoms with Crippen LogP contribution in [0.2, 0.25) is 0 Å². The van der Waals surface area contributed by atoms with Crippen LogP contribution in [0.5, 0.6) is 0 Å². The van der Waals surface area contributed by atoms with Crippen LogP contribution in [0, 0.1) is 6.92 Å². The van der Waals surface area contributed by atoms with E-state index in [2.05, 4.69) is 0 Å². The van der Waals surface area contributed by atoms with Gasteiger partial charge in [0, 0.05) is 23.3 Å². The second kappa shape index (κ2) is 4.64. The number of rotatable bonds is 3. The van der Waals surface area contributed by atoms with Crippen molar-refractivity contribution in [2.45, 2.75) is 30.0 Å². The Morgan fingerprint density at radius 2 is 2.31 bits per heavy atom. The van der Waals surface area contributed by atoms with Crippen molar-refractivity contribution in [2.75, 3.05) is 12.4 Å². The first-order chi connectivity index (χ1) is 7.55. The minimum Gasteiger partial charge on any atom is -0.206 e. The summed E-state index contributed by atoms with van der Waals surface area (Å²) in [5.74, 6) is 0.379. The number of hydrogen-bond acceptors (Lipinski definition) is 3. The maximum Gasteiger partial charge on any atom is 0.252 e. The van der Waals surface area contributed by atoms with Gasteiger partial charge in [-0.25, -0.2) is 8.42 Å². The monoisotopic (exact) mass is 279 g/mol. The molecule has 0 spiro atoms. The number of thiophene rings is 1. The zero-order valence-electron chi connectivity index (χ0n) is 9.02. The van der Waals surface area contributed by atoms with Crippen molar-refractivity contribution in [3.8, 4) is 0 Å². The van der Waals surface area contributed by atoms with Crippen LogP contribution >= 0.6 is 22.9 Å². The third-order valence-electron chi connectivity index (χ3n) is 2.78. The number of hydrogen-bond donors (Lipinski definition) is 0. The summed E-state index contributed by atoms with van der Waals surface area (Å²) in [7, 11) is -3.31. The van der Waals surface area contributed by atoms with Gasteiger partial charge in [0.25, 0.3) is 10.0 Å². The topological polar surface area (TPSA) is 37.4 Å². The molecule has 1 saturated heterocycles. The average molecular weight is 280 g/mol. The van der Waals surface area contributed by atoms with Crippen molar-refractivity contribution >= 4 is 33.0 Å². The third-order valence-corrected chi connectivity index (χ3v) is 6.56. The molecule has 1 aromatic heterocycles. The molecule has 0 bridgehead atoms. The number of alkyl halides is 1. The molecule has 0 saturated carbocycles. The predicted molar refractivity (Wildman–Crippen MR) is 66.7 cm³/mol. The van der Waals surface area contributed by atoms with Crippen LogP contribution in [0.4, 0.5) is 0 Å². The van der Waals surface area contributed by atoms with Gasteiger partial charge in [0.1, 0.15) is 4.21 Å². The number of halogens is 1. The van der Waals surface area contributed by atoms with Crippen LogP contribution < -0.4 is 0 Å². The van der Waals surface area contributed by atoms with Gasteiger partial charge in [0.05, 0.1) is 0 Å². The molecule has 1 aliphatic heterocycles. The van der Waals surface area contributed by atoms with E-state index in [1.807, 2.05) is 13.0 Å². The van der Waals surface area contributed by atoms with E-state index in [9.17, 15) is 8.42 Å². The normalized spacial score (nSPS) is 22.8. The fraction of sp³-hybridized carbons (Fsp3) is 0.600. The summed E-state index contributed by atoms with van der Waals surface area (Å²) in [6.07, 6.45) is 1.77. The molecule has 6 heteroatoms. The molecule has 0 unspecified atom stereocenters. The van der Waals surface area contributed by atoms with E-state index in [4.69, 9.17) is 11.6 Å². The molecule has 1 aromatic rings. The SMILES string of the molecule is Cc1ccc(S(=O)(=O)N2CCC[C@H]2CCl)s1. The summed E-state index contributed by atoms with van der Waals surface area (Å²) in [4.78, 5) is 1.01. The maximum atomic E-state index is 12.3. The quantitative estimate of drug-likeness (QED) is 0.797. The van der Waals surface area contributed by atoms with Crippen molar-refractivity contribution in [3.63, 3.8) is 0 Å². The van der Waals surface area contributed by atoms with Gasteiger partial charge in [-0.2, -0.15) is 4.31 Å². The van der Waals surface area contributed by atoms with Gasteiger partial charge < -0.3 is 0 Å². The minimum absolute atomic E-state index is 0.0333. The molecule has 16 heavy (non-hydrogen) atoms. The molecule has 0 amide bonds. The van der Waals surface area contributed by atoms with Crippen LogP contribution in [0.25, 0.3) is 0 Å². The van der Waals surface area contributed by atoms with E-state index in [0.29, 0.717) is 16.6 Å². The van der Waals surface area contributed by atoms with Gasteiger partial charge in [-0.1, -0.05) is 0 Å². The van der Waals surface area contributed by atoms with Crippen LogP contribution in [0.3, 0.4) is 0 Å². The standard InChI is InChI=1S/C10H14ClNO2S2/c1-8-4-5-10(15-8)16(13,14)12-6-2-3-9(12)7-11/h4-5,9H,2-3,6-7H2,1H3/t9-/m0/s1. The molecule has 2 heterocycles. The van der Waals surface area contributed by atoms with E-state index in [0.717, 1.165) is 17.7 Å². The highest BCUT2D eigenvalue weighted by Crippen LogP contribution is 2.30. The molecule has 1 atom stereocenters. The van der Waals surface area contributed by atoms with Gasteiger partial charge in [-0.15, -0.1) is 22.9 Å². The Bertz CT molecular complexity index is 469. The van der Waals surface area contributed by atoms with Crippen LogP contribution in [-0.2, 0) is 10.0 Å². The minimum atomic E-state index is -3.31. The van der Waals surface area contributed by atoms with Crippen molar-refractivity contribution in [2.24, 2.45) is 0 Å². The zero-order chi connectivity index (χ0) is 11.8. The largest absolute Gasteiger partial charge is 0.252 e. The Balaban J connectivity index is 2.32. The summed E-state index contributed by atoms with van der Waals surface area (Å²) < 4.78 is 26.6. The predicted octanol–water partition coefficient (Wildman–Crippen LogP) is 2.45. The summed E-state index contributed by atoms with van der Waals surface area (Å²) in [6, 6.07) is 3.48. The molecule has 1 aliphatic rings. The average Bonchev–Trinajstić information content (AvgIpc) is 2.85. The lowest BCUT2D eigenvalue weighted by molar-refractivity contribution is 0.412. The summed E-state index contributed by atoms with van der Waals surface area (Å²) in [5.41, 5.74) is 0. The molecule has 0 aromatic carbocycles. The van der Waals surface area contributed by atoms with E-state index in [-0.39, 0.29) is 6.04 Å². The lowest BCUT2D eigenvalue weighted by Crippen LogP contribution is -2.36. The highest BCUT2D eigenvalue weighted by atomic mass is 35.5. The van der Waals surface area contributed by atoms with Gasteiger partial charge in [-0.3, -0.25) is 0 Å². The van der Waals surface area contributed by atoms with Gasteiger partial charge in [0.2, 0.25) is 0 Å². The Labute approximate surface area is 105 Å². The second-order valence-electron chi connectivity index (χ2n) is 3.93. The third kappa shape index (κ3) is 2.14. The van der Waals surface area contributed by atoms with Crippen LogP contribution in [0.15, 0.2) is 16.3 Å². The number of aryl methyl sites for hydroxylation is 1. The fourth-order valence-electron chi connectivity index (χ4n) is 1.95. The van der Waals surface area contributed by atoms with Crippen LogP contribution in [0.1, 0.15) is 17.7 Å². The molecule has 2 rings (SSSR count). The Morgan fingerprint density at radius 3 is 2.88 bits per heavy atom. The highest BCUT2D eigenvalue weighted by Gasteiger charge is 2.35. The molecule has 3 nitrogen and oxygen atoms in total. The first-order valence-corrected chi connectivity index (χ1v) is 7.99. The number of sulfonamides is 1. The molecule has 0 radical (unpaired) electrons. The van der Waals surface area contributed by atoms with Crippen molar-refractivity contribution in [3.05, 3.63) is 17.0 Å². The lowest BCUT2D eigenvalue weighted by atomic mass is 10.3. The molecule has 0 aliphatic carbocycles. The molecular weight excluding hydrogens is 266 g/mol.